The number of amides is 2. The first-order valence-corrected chi connectivity index (χ1v) is 12.3. The van der Waals surface area contributed by atoms with Crippen molar-refractivity contribution in [2.24, 2.45) is 0 Å². The number of piperazine rings is 1. The van der Waals surface area contributed by atoms with Crippen LogP contribution in [0.25, 0.3) is 22.0 Å². The van der Waals surface area contributed by atoms with Crippen molar-refractivity contribution in [1.29, 1.82) is 0 Å². The number of thiazole rings is 1. The van der Waals surface area contributed by atoms with Crippen LogP contribution in [0.2, 0.25) is 0 Å². The lowest BCUT2D eigenvalue weighted by Crippen LogP contribution is -2.52. The summed E-state index contributed by atoms with van der Waals surface area (Å²) < 4.78 is 0. The maximum absolute atomic E-state index is 13.0. The van der Waals surface area contributed by atoms with Crippen molar-refractivity contribution in [3.8, 4) is 11.1 Å². The van der Waals surface area contributed by atoms with Crippen molar-refractivity contribution in [2.45, 2.75) is 12.5 Å². The van der Waals surface area contributed by atoms with E-state index in [0.717, 1.165) is 40.8 Å². The van der Waals surface area contributed by atoms with Gasteiger partial charge in [-0.1, -0.05) is 24.3 Å². The Balaban J connectivity index is 1.15. The van der Waals surface area contributed by atoms with Gasteiger partial charge in [-0.2, -0.15) is 5.10 Å². The molecule has 0 aliphatic carbocycles. The molecule has 1 atom stereocenters. The predicted octanol–water partition coefficient (Wildman–Crippen LogP) is 3.25. The predicted molar refractivity (Wildman–Crippen MR) is 132 cm³/mol. The number of anilines is 1. The van der Waals surface area contributed by atoms with Crippen LogP contribution in [0.4, 0.5) is 5.69 Å². The molecule has 2 saturated heterocycles. The van der Waals surface area contributed by atoms with Crippen molar-refractivity contribution in [3.05, 3.63) is 65.2 Å². The number of nitrogens with zero attached hydrogens (tertiary/aromatic N) is 5. The fourth-order valence-electron chi connectivity index (χ4n) is 5.00. The Morgan fingerprint density at radius 1 is 1.09 bits per heavy atom. The van der Waals surface area contributed by atoms with E-state index in [0.29, 0.717) is 31.1 Å². The zero-order valence-electron chi connectivity index (χ0n) is 18.6. The maximum Gasteiger partial charge on any atom is 0.282 e. The molecule has 6 rings (SSSR count). The standard InChI is InChI=1S/C25H24N6O2S/c32-23-14-19(29-8-10-30(11-9-29)25(33)24-26-7-12-34-24)16-31(23)18-4-1-3-17(13-18)20-5-2-6-22-21(20)15-27-28-22/h1-7,12-13,15,19H,8-11,14,16H2,(H,27,28). The number of rotatable bonds is 4. The number of aromatic nitrogens is 3. The van der Waals surface area contributed by atoms with Gasteiger partial charge in [-0.25, -0.2) is 4.98 Å². The summed E-state index contributed by atoms with van der Waals surface area (Å²) in [5, 5.41) is 10.6. The number of aromatic amines is 1. The molecule has 2 aliphatic heterocycles. The van der Waals surface area contributed by atoms with Gasteiger partial charge >= 0.3 is 0 Å². The van der Waals surface area contributed by atoms with E-state index >= 15 is 0 Å². The fourth-order valence-corrected chi connectivity index (χ4v) is 5.60. The van der Waals surface area contributed by atoms with Crippen LogP contribution in [-0.2, 0) is 4.79 Å². The molecule has 8 nitrogen and oxygen atoms in total. The lowest BCUT2D eigenvalue weighted by atomic mass is 10.0. The molecule has 9 heteroatoms. The number of hydrogen-bond donors (Lipinski definition) is 1. The van der Waals surface area contributed by atoms with Gasteiger partial charge in [0.15, 0.2) is 5.01 Å². The number of H-pyrrole nitrogens is 1. The number of fused-ring (bicyclic) bond motifs is 1. The van der Waals surface area contributed by atoms with E-state index in [1.165, 1.54) is 11.3 Å². The third kappa shape index (κ3) is 3.76. The Morgan fingerprint density at radius 3 is 2.76 bits per heavy atom. The van der Waals surface area contributed by atoms with Crippen LogP contribution in [0, 0.1) is 0 Å². The highest BCUT2D eigenvalue weighted by Gasteiger charge is 2.36. The second kappa shape index (κ2) is 8.66. The van der Waals surface area contributed by atoms with E-state index in [2.05, 4.69) is 38.3 Å². The number of carbonyl (C=O) groups is 2. The van der Waals surface area contributed by atoms with Crippen LogP contribution in [0.1, 0.15) is 16.2 Å². The van der Waals surface area contributed by atoms with Gasteiger partial charge in [0.1, 0.15) is 0 Å². The normalized spacial score (nSPS) is 19.3. The van der Waals surface area contributed by atoms with E-state index in [4.69, 9.17) is 0 Å². The van der Waals surface area contributed by atoms with Gasteiger partial charge < -0.3 is 9.80 Å². The van der Waals surface area contributed by atoms with Crippen LogP contribution >= 0.6 is 11.3 Å². The molecule has 0 bridgehead atoms. The molecule has 1 unspecified atom stereocenters. The minimum absolute atomic E-state index is 0.00299. The molecule has 2 amide bonds. The zero-order valence-corrected chi connectivity index (χ0v) is 19.4. The van der Waals surface area contributed by atoms with Gasteiger partial charge in [0.05, 0.1) is 11.7 Å². The summed E-state index contributed by atoms with van der Waals surface area (Å²) in [7, 11) is 0. The van der Waals surface area contributed by atoms with E-state index in [-0.39, 0.29) is 17.9 Å². The van der Waals surface area contributed by atoms with Gasteiger partial charge in [0.2, 0.25) is 5.91 Å². The molecular formula is C25H24N6O2S. The van der Waals surface area contributed by atoms with Crippen LogP contribution < -0.4 is 4.90 Å². The van der Waals surface area contributed by atoms with Crippen LogP contribution in [-0.4, -0.2) is 75.6 Å². The van der Waals surface area contributed by atoms with Gasteiger partial charge in [0.25, 0.3) is 5.91 Å². The maximum atomic E-state index is 13.0. The zero-order chi connectivity index (χ0) is 23.1. The Morgan fingerprint density at radius 2 is 1.94 bits per heavy atom. The second-order valence-corrected chi connectivity index (χ2v) is 9.61. The first kappa shape index (κ1) is 21.0. The van der Waals surface area contributed by atoms with Crippen molar-refractivity contribution < 1.29 is 9.59 Å². The molecule has 2 aromatic carbocycles. The lowest BCUT2D eigenvalue weighted by molar-refractivity contribution is -0.117. The first-order valence-electron chi connectivity index (χ1n) is 11.4. The molecule has 1 N–H and O–H groups in total. The monoisotopic (exact) mass is 472 g/mol. The van der Waals surface area contributed by atoms with Crippen LogP contribution in [0.3, 0.4) is 0 Å². The summed E-state index contributed by atoms with van der Waals surface area (Å²) in [5.74, 6) is 0.146. The van der Waals surface area contributed by atoms with Crippen molar-refractivity contribution in [2.75, 3.05) is 37.6 Å². The topological polar surface area (TPSA) is 85.4 Å². The molecule has 4 heterocycles. The van der Waals surface area contributed by atoms with Gasteiger partial charge in [-0.3, -0.25) is 19.6 Å². The number of hydrogen-bond acceptors (Lipinski definition) is 6. The number of nitrogens with one attached hydrogen (secondary N) is 1. The second-order valence-electron chi connectivity index (χ2n) is 8.71. The van der Waals surface area contributed by atoms with Crippen molar-refractivity contribution in [1.82, 2.24) is 25.0 Å². The van der Waals surface area contributed by atoms with Gasteiger partial charge in [0, 0.05) is 67.8 Å². The molecule has 2 fully saturated rings. The van der Waals surface area contributed by atoms with Crippen LogP contribution in [0.5, 0.6) is 0 Å². The Kier molecular flexibility index (Phi) is 5.35. The minimum Gasteiger partial charge on any atom is -0.334 e. The molecular weight excluding hydrogens is 448 g/mol. The van der Waals surface area contributed by atoms with Crippen molar-refractivity contribution >= 4 is 39.7 Å². The van der Waals surface area contributed by atoms with E-state index < -0.39 is 0 Å². The largest absolute Gasteiger partial charge is 0.334 e. The molecule has 4 aromatic rings. The molecule has 0 saturated carbocycles. The lowest BCUT2D eigenvalue weighted by Gasteiger charge is -2.37. The van der Waals surface area contributed by atoms with E-state index in [1.54, 1.807) is 6.20 Å². The molecule has 172 valence electrons. The summed E-state index contributed by atoms with van der Waals surface area (Å²) in [6.45, 7) is 3.52. The molecule has 34 heavy (non-hydrogen) atoms. The molecule has 0 radical (unpaired) electrons. The Labute approximate surface area is 200 Å². The molecule has 2 aliphatic rings. The summed E-state index contributed by atoms with van der Waals surface area (Å²) >= 11 is 1.38. The smallest absolute Gasteiger partial charge is 0.282 e. The first-order chi connectivity index (χ1) is 16.7. The average Bonchev–Trinajstić information content (AvgIpc) is 3.64. The minimum atomic E-state index is 0.00299. The van der Waals surface area contributed by atoms with E-state index in [9.17, 15) is 9.59 Å². The highest BCUT2D eigenvalue weighted by molar-refractivity contribution is 7.11. The fraction of sp³-hybridized carbons (Fsp3) is 0.280. The summed E-state index contributed by atoms with van der Waals surface area (Å²) in [6, 6.07) is 14.4. The summed E-state index contributed by atoms with van der Waals surface area (Å²) in [5.41, 5.74) is 4.07. The number of benzene rings is 2. The highest BCUT2D eigenvalue weighted by atomic mass is 32.1. The molecule has 2 aromatic heterocycles. The number of carbonyl (C=O) groups excluding carboxylic acids is 2. The van der Waals surface area contributed by atoms with Crippen molar-refractivity contribution in [3.63, 3.8) is 0 Å². The van der Waals surface area contributed by atoms with E-state index in [1.807, 2.05) is 45.6 Å². The molecule has 0 spiro atoms. The quantitative estimate of drug-likeness (QED) is 0.493. The third-order valence-electron chi connectivity index (χ3n) is 6.79. The van der Waals surface area contributed by atoms with Gasteiger partial charge in [-0.05, 0) is 29.3 Å². The average molecular weight is 473 g/mol. The SMILES string of the molecule is O=C(c1nccs1)N1CCN(C2CC(=O)N(c3cccc(-c4cccc5[nH]ncc45)c3)C2)CC1. The summed E-state index contributed by atoms with van der Waals surface area (Å²) in [4.78, 5) is 35.8. The Bertz CT molecular complexity index is 1340. The highest BCUT2D eigenvalue weighted by Crippen LogP contribution is 2.32. The Hall–Kier alpha value is -3.56. The summed E-state index contributed by atoms with van der Waals surface area (Å²) in [6.07, 6.45) is 4.01. The third-order valence-corrected chi connectivity index (χ3v) is 7.55. The van der Waals surface area contributed by atoms with Crippen LogP contribution in [0.15, 0.2) is 60.2 Å². The van der Waals surface area contributed by atoms with Gasteiger partial charge in [-0.15, -0.1) is 11.3 Å².